The molecule has 1 aliphatic heterocycles. The molecule has 1 aromatic carbocycles. The van der Waals surface area contributed by atoms with Gasteiger partial charge in [0, 0.05) is 12.3 Å². The minimum atomic E-state index is 0.302. The highest BCUT2D eigenvalue weighted by Crippen LogP contribution is 2.34. The lowest BCUT2D eigenvalue weighted by atomic mass is 10.2. The molecule has 0 radical (unpaired) electrons. The fraction of sp³-hybridized carbons (Fsp3) is 0.429. The first kappa shape index (κ1) is 14.2. The molecule has 21 heavy (non-hydrogen) atoms. The van der Waals surface area contributed by atoms with Gasteiger partial charge >= 0.3 is 0 Å². The van der Waals surface area contributed by atoms with Crippen molar-refractivity contribution in [3.05, 3.63) is 29.6 Å². The molecule has 7 heteroatoms. The number of hydrogen-bond donors (Lipinski definition) is 1. The Morgan fingerprint density at radius 2 is 2.14 bits per heavy atom. The van der Waals surface area contributed by atoms with Crippen LogP contribution in [0.25, 0.3) is 0 Å². The van der Waals surface area contributed by atoms with Gasteiger partial charge < -0.3 is 19.8 Å². The third-order valence-electron chi connectivity index (χ3n) is 3.23. The zero-order valence-electron chi connectivity index (χ0n) is 11.9. The van der Waals surface area contributed by atoms with Crippen LogP contribution in [0, 0.1) is 0 Å². The minimum Gasteiger partial charge on any atom is -0.454 e. The van der Waals surface area contributed by atoms with Crippen molar-refractivity contribution in [2.24, 2.45) is 5.73 Å². The quantitative estimate of drug-likeness (QED) is 0.824. The monoisotopic (exact) mass is 306 g/mol. The number of benzene rings is 1. The van der Waals surface area contributed by atoms with Crippen molar-refractivity contribution >= 4 is 11.8 Å². The molecule has 0 saturated heterocycles. The van der Waals surface area contributed by atoms with Crippen LogP contribution in [0.1, 0.15) is 24.7 Å². The molecule has 2 aromatic rings. The zero-order chi connectivity index (χ0) is 14.7. The van der Waals surface area contributed by atoms with Gasteiger partial charge in [0.2, 0.25) is 6.79 Å². The highest BCUT2D eigenvalue weighted by atomic mass is 32.2. The summed E-state index contributed by atoms with van der Waals surface area (Å²) in [5.74, 6) is 3.27. The van der Waals surface area contributed by atoms with E-state index in [4.69, 9.17) is 15.2 Å². The van der Waals surface area contributed by atoms with Gasteiger partial charge in [-0.05, 0) is 24.1 Å². The molecule has 112 valence electrons. The maximum absolute atomic E-state index is 5.70. The summed E-state index contributed by atoms with van der Waals surface area (Å²) in [5.41, 5.74) is 6.87. The molecular weight excluding hydrogens is 288 g/mol. The van der Waals surface area contributed by atoms with E-state index in [1.165, 1.54) is 5.56 Å². The molecular formula is C14H18N4O2S. The second-order valence-corrected chi connectivity index (χ2v) is 5.67. The number of rotatable bonds is 6. The largest absolute Gasteiger partial charge is 0.454 e. The van der Waals surface area contributed by atoms with Gasteiger partial charge in [0.15, 0.2) is 16.7 Å². The number of ether oxygens (including phenoxy) is 2. The molecule has 0 spiro atoms. The Kier molecular flexibility index (Phi) is 4.31. The van der Waals surface area contributed by atoms with E-state index in [0.29, 0.717) is 13.3 Å². The average Bonchev–Trinajstić information content (AvgIpc) is 3.11. The van der Waals surface area contributed by atoms with Crippen LogP contribution < -0.4 is 15.2 Å². The summed E-state index contributed by atoms with van der Waals surface area (Å²) >= 11 is 1.66. The summed E-state index contributed by atoms with van der Waals surface area (Å²) in [7, 11) is 0. The van der Waals surface area contributed by atoms with Crippen LogP contribution in [0.5, 0.6) is 11.5 Å². The Labute approximate surface area is 127 Å². The van der Waals surface area contributed by atoms with E-state index < -0.39 is 0 Å². The molecule has 1 aromatic heterocycles. The van der Waals surface area contributed by atoms with E-state index in [1.807, 2.05) is 18.2 Å². The summed E-state index contributed by atoms with van der Waals surface area (Å²) in [4.78, 5) is 0. The van der Waals surface area contributed by atoms with Crippen molar-refractivity contribution in [2.75, 3.05) is 6.79 Å². The summed E-state index contributed by atoms with van der Waals surface area (Å²) < 4.78 is 12.8. The number of nitrogens with two attached hydrogens (primary N) is 1. The predicted octanol–water partition coefficient (Wildman–Crippen LogP) is 2.17. The minimum absolute atomic E-state index is 0.302. The highest BCUT2D eigenvalue weighted by molar-refractivity contribution is 7.98. The van der Waals surface area contributed by atoms with Crippen molar-refractivity contribution in [2.45, 2.75) is 37.3 Å². The molecule has 2 N–H and O–H groups in total. The van der Waals surface area contributed by atoms with E-state index >= 15 is 0 Å². The number of nitrogens with zero attached hydrogens (tertiary/aromatic N) is 3. The van der Waals surface area contributed by atoms with E-state index in [0.717, 1.165) is 41.2 Å². The first-order valence-electron chi connectivity index (χ1n) is 6.95. The third-order valence-corrected chi connectivity index (χ3v) is 4.27. The maximum Gasteiger partial charge on any atom is 0.231 e. The standard InChI is InChI=1S/C14H18N4O2S/c1-2-5-18-13(7-15)16-17-14(18)21-8-10-3-4-11-12(6-10)20-9-19-11/h3-4,6H,2,5,7-9,15H2,1H3. The molecule has 1 aliphatic rings. The number of aromatic nitrogens is 3. The maximum atomic E-state index is 5.70. The Morgan fingerprint density at radius 3 is 2.95 bits per heavy atom. The Balaban J connectivity index is 1.71. The second kappa shape index (κ2) is 6.36. The molecule has 0 atom stereocenters. The van der Waals surface area contributed by atoms with Crippen molar-refractivity contribution in [1.82, 2.24) is 14.8 Å². The second-order valence-electron chi connectivity index (χ2n) is 4.73. The lowest BCUT2D eigenvalue weighted by Crippen LogP contribution is -2.09. The summed E-state index contributed by atoms with van der Waals surface area (Å²) in [6.07, 6.45) is 1.03. The summed E-state index contributed by atoms with van der Waals surface area (Å²) in [5, 5.41) is 9.29. The molecule has 0 saturated carbocycles. The lowest BCUT2D eigenvalue weighted by Gasteiger charge is -2.07. The van der Waals surface area contributed by atoms with Gasteiger partial charge in [-0.2, -0.15) is 0 Å². The van der Waals surface area contributed by atoms with Crippen LogP contribution >= 0.6 is 11.8 Å². The van der Waals surface area contributed by atoms with Gasteiger partial charge in [-0.3, -0.25) is 0 Å². The summed E-state index contributed by atoms with van der Waals surface area (Å²) in [6.45, 7) is 3.74. The van der Waals surface area contributed by atoms with Gasteiger partial charge in [-0.1, -0.05) is 24.8 Å². The Morgan fingerprint density at radius 1 is 1.29 bits per heavy atom. The van der Waals surface area contributed by atoms with Gasteiger partial charge in [0.1, 0.15) is 5.82 Å². The van der Waals surface area contributed by atoms with Crippen LogP contribution in [-0.2, 0) is 18.8 Å². The SMILES string of the molecule is CCCn1c(CN)nnc1SCc1ccc2c(c1)OCO2. The Hall–Kier alpha value is -1.73. The molecule has 0 amide bonds. The van der Waals surface area contributed by atoms with Crippen LogP contribution in [0.15, 0.2) is 23.4 Å². The summed E-state index contributed by atoms with van der Waals surface area (Å²) in [6, 6.07) is 6.00. The first-order valence-corrected chi connectivity index (χ1v) is 7.94. The van der Waals surface area contributed by atoms with Crippen molar-refractivity contribution in [1.29, 1.82) is 0 Å². The van der Waals surface area contributed by atoms with E-state index in [-0.39, 0.29) is 0 Å². The average molecular weight is 306 g/mol. The zero-order valence-corrected chi connectivity index (χ0v) is 12.7. The van der Waals surface area contributed by atoms with Crippen molar-refractivity contribution < 1.29 is 9.47 Å². The van der Waals surface area contributed by atoms with E-state index in [2.05, 4.69) is 21.7 Å². The topological polar surface area (TPSA) is 75.2 Å². The molecule has 3 rings (SSSR count). The predicted molar refractivity (Wildman–Crippen MR) is 80.3 cm³/mol. The highest BCUT2D eigenvalue weighted by Gasteiger charge is 2.15. The first-order chi connectivity index (χ1) is 10.3. The smallest absolute Gasteiger partial charge is 0.231 e. The number of hydrogen-bond acceptors (Lipinski definition) is 6. The van der Waals surface area contributed by atoms with Crippen LogP contribution in [0.4, 0.5) is 0 Å². The van der Waals surface area contributed by atoms with Crippen molar-refractivity contribution in [3.63, 3.8) is 0 Å². The van der Waals surface area contributed by atoms with Crippen molar-refractivity contribution in [3.8, 4) is 11.5 Å². The van der Waals surface area contributed by atoms with E-state index in [9.17, 15) is 0 Å². The third kappa shape index (κ3) is 2.98. The van der Waals surface area contributed by atoms with E-state index in [1.54, 1.807) is 11.8 Å². The van der Waals surface area contributed by atoms with Gasteiger partial charge in [-0.25, -0.2) is 0 Å². The normalized spacial score (nSPS) is 12.9. The Bertz CT molecular complexity index is 629. The number of fused-ring (bicyclic) bond motifs is 1. The fourth-order valence-electron chi connectivity index (χ4n) is 2.20. The molecule has 0 fully saturated rings. The van der Waals surface area contributed by atoms with Crippen LogP contribution in [0.2, 0.25) is 0 Å². The van der Waals surface area contributed by atoms with Gasteiger partial charge in [0.05, 0.1) is 6.54 Å². The molecule has 0 bridgehead atoms. The molecule has 0 aliphatic carbocycles. The lowest BCUT2D eigenvalue weighted by molar-refractivity contribution is 0.174. The molecule has 2 heterocycles. The fourth-order valence-corrected chi connectivity index (χ4v) is 3.13. The van der Waals surface area contributed by atoms with Crippen LogP contribution in [0.3, 0.4) is 0 Å². The molecule has 6 nitrogen and oxygen atoms in total. The van der Waals surface area contributed by atoms with Gasteiger partial charge in [0.25, 0.3) is 0 Å². The number of thioether (sulfide) groups is 1. The molecule has 0 unspecified atom stereocenters. The van der Waals surface area contributed by atoms with Gasteiger partial charge in [-0.15, -0.1) is 10.2 Å². The van der Waals surface area contributed by atoms with Crippen LogP contribution in [-0.4, -0.2) is 21.6 Å².